The van der Waals surface area contributed by atoms with Crippen LogP contribution in [-0.4, -0.2) is 30.7 Å². The van der Waals surface area contributed by atoms with Crippen LogP contribution in [0.4, 0.5) is 0 Å². The van der Waals surface area contributed by atoms with Crippen LogP contribution in [-0.2, 0) is 9.53 Å². The van der Waals surface area contributed by atoms with Crippen molar-refractivity contribution in [1.82, 2.24) is 4.72 Å². The van der Waals surface area contributed by atoms with Crippen molar-refractivity contribution in [3.8, 4) is 0 Å². The third-order valence-corrected chi connectivity index (χ3v) is 4.85. The minimum Gasteiger partial charge on any atom is -0.478 e. The lowest BCUT2D eigenvalue weighted by atomic mass is 10.0. The highest BCUT2D eigenvalue weighted by atomic mass is 32.2. The normalized spacial score (nSPS) is 14.8. The first kappa shape index (κ1) is 21.5. The van der Waals surface area contributed by atoms with Gasteiger partial charge in [-0.25, -0.2) is 4.79 Å². The number of hydrogen-bond acceptors (Lipinski definition) is 5. The van der Waals surface area contributed by atoms with Crippen LogP contribution in [0.25, 0.3) is 0 Å². The molecule has 0 aliphatic heterocycles. The lowest BCUT2D eigenvalue weighted by molar-refractivity contribution is -0.145. The Bertz CT molecular complexity index is 528. The van der Waals surface area contributed by atoms with Gasteiger partial charge in [-0.2, -0.15) is 0 Å². The molecule has 0 radical (unpaired) electrons. The minimum atomic E-state index is -0.886. The molecule has 1 aliphatic rings. The Morgan fingerprint density at radius 1 is 1.24 bits per heavy atom. The Labute approximate surface area is 154 Å². The first-order valence-corrected chi connectivity index (χ1v) is 9.71. The lowest BCUT2D eigenvalue weighted by Crippen LogP contribution is -2.14. The molecule has 1 aliphatic carbocycles. The summed E-state index contributed by atoms with van der Waals surface area (Å²) in [4.78, 5) is 22.7. The number of carbonyl (C=O) groups is 2. The predicted molar refractivity (Wildman–Crippen MR) is 101 cm³/mol. The van der Waals surface area contributed by atoms with Gasteiger partial charge >= 0.3 is 11.9 Å². The smallest absolute Gasteiger partial charge is 0.335 e. The number of methoxy groups -OCH3 is 1. The number of nitrogens with one attached hydrogen (secondary N) is 1. The molecular formula is C19H29NO4S. The predicted octanol–water partition coefficient (Wildman–Crippen LogP) is 4.52. The summed E-state index contributed by atoms with van der Waals surface area (Å²) in [7, 11) is 1.48. The summed E-state index contributed by atoms with van der Waals surface area (Å²) < 4.78 is 7.85. The highest BCUT2D eigenvalue weighted by molar-refractivity contribution is 7.97. The van der Waals surface area contributed by atoms with E-state index in [1.807, 2.05) is 6.07 Å². The fourth-order valence-electron chi connectivity index (χ4n) is 2.61. The summed E-state index contributed by atoms with van der Waals surface area (Å²) in [6.07, 6.45) is 8.09. The molecule has 1 aromatic rings. The van der Waals surface area contributed by atoms with Crippen LogP contribution in [0.15, 0.2) is 29.2 Å². The van der Waals surface area contributed by atoms with Crippen molar-refractivity contribution in [2.45, 2.75) is 56.8 Å². The van der Waals surface area contributed by atoms with Gasteiger partial charge < -0.3 is 9.84 Å². The Morgan fingerprint density at radius 3 is 2.48 bits per heavy atom. The van der Waals surface area contributed by atoms with Crippen LogP contribution >= 0.6 is 11.9 Å². The molecule has 0 atom stereocenters. The molecule has 1 saturated carbocycles. The van der Waals surface area contributed by atoms with E-state index in [-0.39, 0.29) is 11.9 Å². The summed E-state index contributed by atoms with van der Waals surface area (Å²) in [6, 6.07) is 6.89. The third-order valence-electron chi connectivity index (χ3n) is 4.01. The molecule has 5 nitrogen and oxygen atoms in total. The molecule has 1 aromatic carbocycles. The van der Waals surface area contributed by atoms with Crippen molar-refractivity contribution >= 4 is 23.9 Å². The third kappa shape index (κ3) is 8.93. The van der Waals surface area contributed by atoms with Crippen LogP contribution in [0.1, 0.15) is 62.2 Å². The molecule has 0 amide bonds. The monoisotopic (exact) mass is 367 g/mol. The van der Waals surface area contributed by atoms with Crippen LogP contribution in [0.3, 0.4) is 0 Å². The molecule has 1 fully saturated rings. The number of esters is 1. The quantitative estimate of drug-likeness (QED) is 0.333. The first-order valence-electron chi connectivity index (χ1n) is 8.89. The number of aromatic carboxylic acids is 1. The zero-order valence-electron chi connectivity index (χ0n) is 15.1. The molecular weight excluding hydrogens is 338 g/mol. The van der Waals surface area contributed by atoms with E-state index in [1.54, 1.807) is 18.2 Å². The standard InChI is InChI=1S/C10H13NO2S.C9H16O2/c1-2-6-11-14-9-5-3-4-8(7-9)10(12)13;1-11-9(10)8-6-4-2-3-5-7-8/h3-5,7,11H,2,6H2,1H3,(H,12,13);8H,2-7H2,1H3. The van der Waals surface area contributed by atoms with Gasteiger partial charge in [0.05, 0.1) is 18.6 Å². The number of rotatable bonds is 6. The molecule has 0 bridgehead atoms. The van der Waals surface area contributed by atoms with Crippen LogP contribution in [0.2, 0.25) is 0 Å². The van der Waals surface area contributed by atoms with Crippen molar-refractivity contribution in [3.63, 3.8) is 0 Å². The number of carboxylic acid groups (broad SMARTS) is 1. The molecule has 2 rings (SSSR count). The number of carbonyl (C=O) groups excluding carboxylic acids is 1. The van der Waals surface area contributed by atoms with Gasteiger partial charge in [-0.1, -0.05) is 38.7 Å². The molecule has 0 heterocycles. The Kier molecular flexibility index (Phi) is 11.0. The maximum atomic E-state index is 11.1. The number of ether oxygens (including phenoxy) is 1. The maximum absolute atomic E-state index is 11.1. The number of carboxylic acids is 1. The fourth-order valence-corrected chi connectivity index (χ4v) is 3.42. The zero-order valence-corrected chi connectivity index (χ0v) is 15.9. The van der Waals surface area contributed by atoms with Gasteiger partial charge in [-0.05, 0) is 49.4 Å². The van der Waals surface area contributed by atoms with Crippen molar-refractivity contribution < 1.29 is 19.4 Å². The highest BCUT2D eigenvalue weighted by Crippen LogP contribution is 2.23. The van der Waals surface area contributed by atoms with E-state index in [0.717, 1.165) is 30.7 Å². The SMILES string of the molecule is CCCNSc1cccc(C(=O)O)c1.COC(=O)C1CCCCCC1. The minimum absolute atomic E-state index is 0.00750. The summed E-state index contributed by atoms with van der Waals surface area (Å²) in [5, 5.41) is 8.75. The van der Waals surface area contributed by atoms with E-state index in [9.17, 15) is 9.59 Å². The molecule has 2 N–H and O–H groups in total. The second kappa shape index (κ2) is 12.8. The maximum Gasteiger partial charge on any atom is 0.335 e. The molecule has 25 heavy (non-hydrogen) atoms. The second-order valence-electron chi connectivity index (χ2n) is 6.04. The van der Waals surface area contributed by atoms with Crippen molar-refractivity contribution in [2.24, 2.45) is 5.92 Å². The summed E-state index contributed by atoms with van der Waals surface area (Å²) >= 11 is 1.46. The molecule has 140 valence electrons. The van der Waals surface area contributed by atoms with Crippen LogP contribution in [0.5, 0.6) is 0 Å². The van der Waals surface area contributed by atoms with E-state index >= 15 is 0 Å². The molecule has 0 aromatic heterocycles. The van der Waals surface area contributed by atoms with E-state index < -0.39 is 5.97 Å². The van der Waals surface area contributed by atoms with Crippen LogP contribution in [0, 0.1) is 5.92 Å². The molecule has 0 spiro atoms. The average molecular weight is 368 g/mol. The first-order chi connectivity index (χ1) is 12.1. The van der Waals surface area contributed by atoms with E-state index in [4.69, 9.17) is 9.84 Å². The lowest BCUT2D eigenvalue weighted by Gasteiger charge is -2.09. The van der Waals surface area contributed by atoms with Gasteiger partial charge in [0.15, 0.2) is 0 Å². The molecule has 0 unspecified atom stereocenters. The van der Waals surface area contributed by atoms with Gasteiger partial charge in [-0.15, -0.1) is 0 Å². The topological polar surface area (TPSA) is 75.6 Å². The Hall–Kier alpha value is -1.53. The Morgan fingerprint density at radius 2 is 1.92 bits per heavy atom. The van der Waals surface area contributed by atoms with Crippen molar-refractivity contribution in [2.75, 3.05) is 13.7 Å². The summed E-state index contributed by atoms with van der Waals surface area (Å²) in [5.74, 6) is -0.697. The highest BCUT2D eigenvalue weighted by Gasteiger charge is 2.19. The van der Waals surface area contributed by atoms with Gasteiger partial charge in [0.2, 0.25) is 0 Å². The zero-order chi connectivity index (χ0) is 18.5. The molecule has 6 heteroatoms. The van der Waals surface area contributed by atoms with Gasteiger partial charge in [0.1, 0.15) is 0 Å². The van der Waals surface area contributed by atoms with Gasteiger partial charge in [0.25, 0.3) is 0 Å². The van der Waals surface area contributed by atoms with Gasteiger partial charge in [-0.3, -0.25) is 9.52 Å². The van der Waals surface area contributed by atoms with Crippen molar-refractivity contribution in [3.05, 3.63) is 29.8 Å². The summed E-state index contributed by atoms with van der Waals surface area (Å²) in [5.41, 5.74) is 0.327. The Balaban J connectivity index is 0.000000257. The van der Waals surface area contributed by atoms with Crippen molar-refractivity contribution in [1.29, 1.82) is 0 Å². The average Bonchev–Trinajstić information content (AvgIpc) is 2.91. The molecule has 0 saturated heterocycles. The number of hydrogen-bond donors (Lipinski definition) is 2. The largest absolute Gasteiger partial charge is 0.478 e. The van der Waals surface area contributed by atoms with Gasteiger partial charge in [0, 0.05) is 11.4 Å². The fraction of sp³-hybridized carbons (Fsp3) is 0.579. The van der Waals surface area contributed by atoms with E-state index in [0.29, 0.717) is 5.56 Å². The van der Waals surface area contributed by atoms with E-state index in [2.05, 4.69) is 11.6 Å². The summed E-state index contributed by atoms with van der Waals surface area (Å²) in [6.45, 7) is 3.00. The van der Waals surface area contributed by atoms with Crippen LogP contribution < -0.4 is 4.72 Å². The number of benzene rings is 1. The van der Waals surface area contributed by atoms with E-state index in [1.165, 1.54) is 44.7 Å². The second-order valence-corrected chi connectivity index (χ2v) is 7.01.